The fourth-order valence-electron chi connectivity index (χ4n) is 10.4. The van der Waals surface area contributed by atoms with Gasteiger partial charge in [-0.1, -0.05) is 361 Å². The van der Waals surface area contributed by atoms with E-state index in [4.69, 9.17) is 0 Å². The van der Waals surface area contributed by atoms with Gasteiger partial charge >= 0.3 is 0 Å². The zero-order valence-corrected chi connectivity index (χ0v) is 52.2. The van der Waals surface area contributed by atoms with Gasteiger partial charge in [-0.05, 0) is 77.0 Å². The quantitative estimate of drug-likeness (QED) is 0.0420. The van der Waals surface area contributed by atoms with Crippen molar-refractivity contribution in [3.05, 3.63) is 97.2 Å². The van der Waals surface area contributed by atoms with Gasteiger partial charge in [-0.2, -0.15) is 0 Å². The van der Waals surface area contributed by atoms with Crippen LogP contribution >= 0.6 is 0 Å². The second-order valence-corrected chi connectivity index (χ2v) is 23.2. The van der Waals surface area contributed by atoms with Crippen LogP contribution in [0, 0.1) is 0 Å². The van der Waals surface area contributed by atoms with Crippen molar-refractivity contribution < 1.29 is 15.0 Å². The number of carbonyl (C=O) groups excluding carboxylic acids is 1. The minimum atomic E-state index is -0.664. The molecule has 4 nitrogen and oxygen atoms in total. The Kier molecular flexibility index (Phi) is 66.2. The van der Waals surface area contributed by atoms with Crippen LogP contribution in [0.2, 0.25) is 0 Å². The Hall–Kier alpha value is -2.69. The van der Waals surface area contributed by atoms with E-state index < -0.39 is 12.1 Å². The lowest BCUT2D eigenvalue weighted by atomic mass is 10.0. The highest BCUT2D eigenvalue weighted by atomic mass is 16.3. The zero-order valence-electron chi connectivity index (χ0n) is 52.2. The van der Waals surface area contributed by atoms with Crippen molar-refractivity contribution in [2.24, 2.45) is 0 Å². The third-order valence-corrected chi connectivity index (χ3v) is 15.6. The molecule has 0 aromatic heterocycles. The Morgan fingerprint density at radius 1 is 0.321 bits per heavy atom. The van der Waals surface area contributed by atoms with Crippen molar-refractivity contribution in [3.63, 3.8) is 0 Å². The van der Waals surface area contributed by atoms with Crippen LogP contribution in [0.1, 0.15) is 348 Å². The predicted molar refractivity (Wildman–Crippen MR) is 350 cm³/mol. The van der Waals surface area contributed by atoms with Crippen molar-refractivity contribution in [1.82, 2.24) is 5.32 Å². The average Bonchev–Trinajstić information content (AvgIpc) is 3.44. The van der Waals surface area contributed by atoms with E-state index in [1.807, 2.05) is 0 Å². The standard InChI is InChI=1S/C74H133NO3/c1-3-5-7-9-11-13-15-17-19-21-23-25-27-29-30-31-32-33-34-35-36-37-38-39-40-41-42-43-44-46-48-50-52-54-56-58-60-62-64-66-68-70-74(78)75-72(71-76)73(77)69-67-65-63-61-59-57-55-53-51-49-47-45-28-26-24-22-20-18-16-14-12-10-8-6-4-2/h5,7,11,13,17,19,23,25,29-30,32-33,35-36,38-39,72-73,76-77H,3-4,6,8-10,12,14-16,18,20-22,24,26-28,31,34,37,40-71H2,1-2H3,(H,75,78)/b7-5-,13-11-,19-17-,25-23-,30-29-,33-32-,36-35-,39-38-. The van der Waals surface area contributed by atoms with Crippen molar-refractivity contribution in [3.8, 4) is 0 Å². The summed E-state index contributed by atoms with van der Waals surface area (Å²) in [6, 6.07) is -0.541. The number of aliphatic hydroxyl groups is 2. The normalized spacial score (nSPS) is 13.3. The molecule has 0 heterocycles. The molecule has 0 fully saturated rings. The van der Waals surface area contributed by atoms with Gasteiger partial charge in [-0.25, -0.2) is 0 Å². The van der Waals surface area contributed by atoms with Gasteiger partial charge in [0.25, 0.3) is 0 Å². The Morgan fingerprint density at radius 3 is 0.846 bits per heavy atom. The molecule has 0 aliphatic heterocycles. The molecule has 0 aliphatic rings. The van der Waals surface area contributed by atoms with Crippen molar-refractivity contribution in [2.75, 3.05) is 6.61 Å². The summed E-state index contributed by atoms with van der Waals surface area (Å²) in [6.45, 7) is 4.27. The Labute approximate surface area is 487 Å². The number of rotatable bonds is 63. The van der Waals surface area contributed by atoms with E-state index in [1.165, 1.54) is 244 Å². The summed E-state index contributed by atoms with van der Waals surface area (Å²) in [7, 11) is 0. The van der Waals surface area contributed by atoms with Gasteiger partial charge < -0.3 is 15.5 Å². The van der Waals surface area contributed by atoms with Gasteiger partial charge in [0.15, 0.2) is 0 Å². The second kappa shape index (κ2) is 68.6. The Bertz CT molecular complexity index is 1420. The molecule has 0 aliphatic carbocycles. The molecule has 2 unspecified atom stereocenters. The fraction of sp³-hybridized carbons (Fsp3) is 0.770. The third kappa shape index (κ3) is 64.1. The van der Waals surface area contributed by atoms with Gasteiger partial charge in [-0.15, -0.1) is 0 Å². The molecular weight excluding hydrogens is 951 g/mol. The molecule has 0 radical (unpaired) electrons. The molecule has 1 amide bonds. The number of amides is 1. The molecule has 0 aromatic carbocycles. The maximum atomic E-state index is 12.6. The molecule has 0 saturated heterocycles. The molecule has 0 rings (SSSR count). The van der Waals surface area contributed by atoms with Crippen molar-refractivity contribution >= 4 is 5.91 Å². The number of aliphatic hydroxyl groups excluding tert-OH is 2. The SMILES string of the molecule is CC/C=C\C/C=C\C/C=C\C/C=C\C/C=C\C/C=C\C/C=C\C/C=C\CCCCCCCCCCCCCCCCCCC(=O)NC(CO)C(O)CCCCCCCCCCCCCCCCCCCCCCCCCCC. The second-order valence-electron chi connectivity index (χ2n) is 23.2. The summed E-state index contributed by atoms with van der Waals surface area (Å²) in [5.74, 6) is -0.0286. The molecule has 0 bridgehead atoms. The lowest BCUT2D eigenvalue weighted by Crippen LogP contribution is -2.45. The summed E-state index contributed by atoms with van der Waals surface area (Å²) >= 11 is 0. The average molecular weight is 1080 g/mol. The smallest absolute Gasteiger partial charge is 0.220 e. The zero-order chi connectivity index (χ0) is 56.2. The number of allylic oxidation sites excluding steroid dienone is 16. The molecule has 78 heavy (non-hydrogen) atoms. The molecule has 3 N–H and O–H groups in total. The Morgan fingerprint density at radius 2 is 0.564 bits per heavy atom. The summed E-state index contributed by atoms with van der Waals surface area (Å²) < 4.78 is 0. The van der Waals surface area contributed by atoms with E-state index in [9.17, 15) is 15.0 Å². The van der Waals surface area contributed by atoms with Crippen LogP contribution in [0.4, 0.5) is 0 Å². The first-order valence-corrected chi connectivity index (χ1v) is 34.4. The summed E-state index contributed by atoms with van der Waals surface area (Å²) in [5.41, 5.74) is 0. The number of hydrogen-bond acceptors (Lipinski definition) is 3. The summed E-state index contributed by atoms with van der Waals surface area (Å²) in [4.78, 5) is 12.6. The van der Waals surface area contributed by atoms with Crippen LogP contribution in [0.25, 0.3) is 0 Å². The van der Waals surface area contributed by atoms with Crippen molar-refractivity contribution in [2.45, 2.75) is 360 Å². The highest BCUT2D eigenvalue weighted by Crippen LogP contribution is 2.18. The van der Waals surface area contributed by atoms with E-state index in [0.29, 0.717) is 12.8 Å². The van der Waals surface area contributed by atoms with E-state index in [0.717, 1.165) is 77.0 Å². The van der Waals surface area contributed by atoms with Crippen LogP contribution in [-0.4, -0.2) is 34.9 Å². The van der Waals surface area contributed by atoms with Gasteiger partial charge in [-0.3, -0.25) is 4.79 Å². The van der Waals surface area contributed by atoms with Gasteiger partial charge in [0.2, 0.25) is 5.91 Å². The topological polar surface area (TPSA) is 69.6 Å². The molecular formula is C74H133NO3. The first kappa shape index (κ1) is 75.3. The molecule has 2 atom stereocenters. The largest absolute Gasteiger partial charge is 0.394 e. The fourth-order valence-corrected chi connectivity index (χ4v) is 10.4. The minimum Gasteiger partial charge on any atom is -0.394 e. The maximum absolute atomic E-state index is 12.6. The van der Waals surface area contributed by atoms with E-state index in [-0.39, 0.29) is 12.5 Å². The highest BCUT2D eigenvalue weighted by Gasteiger charge is 2.20. The van der Waals surface area contributed by atoms with Gasteiger partial charge in [0, 0.05) is 6.42 Å². The lowest BCUT2D eigenvalue weighted by Gasteiger charge is -2.22. The number of unbranched alkanes of at least 4 members (excludes halogenated alkanes) is 40. The molecule has 0 saturated carbocycles. The highest BCUT2D eigenvalue weighted by molar-refractivity contribution is 5.76. The number of carbonyl (C=O) groups is 1. The van der Waals surface area contributed by atoms with Crippen LogP contribution in [0.3, 0.4) is 0 Å². The van der Waals surface area contributed by atoms with Crippen molar-refractivity contribution in [1.29, 1.82) is 0 Å². The Balaban J connectivity index is 3.47. The summed E-state index contributed by atoms with van der Waals surface area (Å²) in [5, 5.41) is 23.5. The van der Waals surface area contributed by atoms with E-state index in [2.05, 4.69) is 116 Å². The first-order chi connectivity index (χ1) is 38.7. The molecule has 4 heteroatoms. The lowest BCUT2D eigenvalue weighted by molar-refractivity contribution is -0.123. The third-order valence-electron chi connectivity index (χ3n) is 15.6. The first-order valence-electron chi connectivity index (χ1n) is 34.4. The van der Waals surface area contributed by atoms with E-state index >= 15 is 0 Å². The maximum Gasteiger partial charge on any atom is 0.220 e. The van der Waals surface area contributed by atoms with E-state index in [1.54, 1.807) is 0 Å². The monoisotopic (exact) mass is 1080 g/mol. The van der Waals surface area contributed by atoms with Crippen LogP contribution < -0.4 is 5.32 Å². The summed E-state index contributed by atoms with van der Waals surface area (Å²) in [6.07, 6.45) is 102. The predicted octanol–water partition coefficient (Wildman–Crippen LogP) is 23.6. The van der Waals surface area contributed by atoms with Gasteiger partial charge in [0.05, 0.1) is 18.8 Å². The number of hydrogen-bond donors (Lipinski definition) is 3. The number of nitrogens with one attached hydrogen (secondary N) is 1. The van der Waals surface area contributed by atoms with Crippen LogP contribution in [0.15, 0.2) is 97.2 Å². The molecule has 452 valence electrons. The minimum absolute atomic E-state index is 0.0286. The van der Waals surface area contributed by atoms with Crippen LogP contribution in [0.5, 0.6) is 0 Å². The van der Waals surface area contributed by atoms with Gasteiger partial charge in [0.1, 0.15) is 0 Å². The molecule has 0 spiro atoms. The molecule has 0 aromatic rings. The van der Waals surface area contributed by atoms with Crippen LogP contribution in [-0.2, 0) is 4.79 Å².